The van der Waals surface area contributed by atoms with Crippen LogP contribution in [0.25, 0.3) is 0 Å². The van der Waals surface area contributed by atoms with Gasteiger partial charge in [0.25, 0.3) is 0 Å². The molecule has 3 nitrogen and oxygen atoms in total. The summed E-state index contributed by atoms with van der Waals surface area (Å²) in [5.41, 5.74) is 0.160. The third kappa shape index (κ3) is 2.95. The van der Waals surface area contributed by atoms with Crippen molar-refractivity contribution >= 4 is 21.6 Å². The van der Waals surface area contributed by atoms with Crippen LogP contribution in [0.3, 0.4) is 0 Å². The molecule has 0 heterocycles. The SMILES string of the molecule is O=S(=O)(NC1(c2ccc(F)cc2)CC1)c1ccc(Cl)cc1. The van der Waals surface area contributed by atoms with E-state index in [1.165, 1.54) is 36.4 Å². The summed E-state index contributed by atoms with van der Waals surface area (Å²) in [5.74, 6) is -0.338. The number of benzene rings is 2. The molecule has 0 atom stereocenters. The van der Waals surface area contributed by atoms with Gasteiger partial charge in [-0.05, 0) is 54.8 Å². The van der Waals surface area contributed by atoms with Crippen molar-refractivity contribution in [1.29, 1.82) is 0 Å². The summed E-state index contributed by atoms with van der Waals surface area (Å²) in [5, 5.41) is 0.480. The van der Waals surface area contributed by atoms with Crippen molar-refractivity contribution in [2.45, 2.75) is 23.3 Å². The predicted octanol–water partition coefficient (Wildman–Crippen LogP) is 3.45. The molecule has 2 aromatic carbocycles. The lowest BCUT2D eigenvalue weighted by Crippen LogP contribution is -2.34. The van der Waals surface area contributed by atoms with Crippen molar-refractivity contribution in [3.63, 3.8) is 0 Å². The monoisotopic (exact) mass is 325 g/mol. The molecule has 0 aromatic heterocycles. The molecule has 2 aromatic rings. The average Bonchev–Trinajstić information content (AvgIpc) is 3.20. The van der Waals surface area contributed by atoms with Crippen LogP contribution in [0, 0.1) is 5.82 Å². The van der Waals surface area contributed by atoms with Gasteiger partial charge in [-0.2, -0.15) is 0 Å². The molecule has 0 aliphatic heterocycles. The van der Waals surface area contributed by atoms with E-state index in [4.69, 9.17) is 11.6 Å². The van der Waals surface area contributed by atoms with E-state index in [1.54, 1.807) is 12.1 Å². The van der Waals surface area contributed by atoms with Gasteiger partial charge in [-0.25, -0.2) is 17.5 Å². The molecular weight excluding hydrogens is 313 g/mol. The van der Waals surface area contributed by atoms with Crippen LogP contribution in [0.2, 0.25) is 5.02 Å². The summed E-state index contributed by atoms with van der Waals surface area (Å²) in [6.07, 6.45) is 1.40. The highest BCUT2D eigenvalue weighted by molar-refractivity contribution is 7.89. The third-order valence-corrected chi connectivity index (χ3v) is 5.40. The zero-order valence-corrected chi connectivity index (χ0v) is 12.6. The summed E-state index contributed by atoms with van der Waals surface area (Å²) >= 11 is 5.77. The highest BCUT2D eigenvalue weighted by Crippen LogP contribution is 2.46. The molecule has 1 N–H and O–H groups in total. The Kier molecular flexibility index (Phi) is 3.51. The Balaban J connectivity index is 1.88. The number of nitrogens with one attached hydrogen (secondary N) is 1. The van der Waals surface area contributed by atoms with E-state index in [1.807, 2.05) is 0 Å². The lowest BCUT2D eigenvalue weighted by atomic mass is 10.1. The van der Waals surface area contributed by atoms with Gasteiger partial charge in [0.15, 0.2) is 0 Å². The second kappa shape index (κ2) is 5.09. The van der Waals surface area contributed by atoms with Crippen LogP contribution in [0.15, 0.2) is 53.4 Å². The first kappa shape index (κ1) is 14.5. The third-order valence-electron chi connectivity index (χ3n) is 3.60. The van der Waals surface area contributed by atoms with Gasteiger partial charge in [-0.15, -0.1) is 0 Å². The fraction of sp³-hybridized carbons (Fsp3) is 0.200. The van der Waals surface area contributed by atoms with Crippen LogP contribution < -0.4 is 4.72 Å². The Labute approximate surface area is 127 Å². The maximum absolute atomic E-state index is 13.0. The Morgan fingerprint density at radius 3 is 2.10 bits per heavy atom. The first-order valence-electron chi connectivity index (χ1n) is 6.47. The van der Waals surface area contributed by atoms with Gasteiger partial charge in [0.1, 0.15) is 5.82 Å². The van der Waals surface area contributed by atoms with Crippen molar-refractivity contribution in [1.82, 2.24) is 4.72 Å². The average molecular weight is 326 g/mol. The Morgan fingerprint density at radius 1 is 1.00 bits per heavy atom. The molecule has 1 aliphatic rings. The van der Waals surface area contributed by atoms with Crippen molar-refractivity contribution in [2.24, 2.45) is 0 Å². The molecule has 21 heavy (non-hydrogen) atoms. The van der Waals surface area contributed by atoms with E-state index >= 15 is 0 Å². The van der Waals surface area contributed by atoms with Crippen molar-refractivity contribution < 1.29 is 12.8 Å². The minimum atomic E-state index is -3.63. The number of hydrogen-bond acceptors (Lipinski definition) is 2. The van der Waals surface area contributed by atoms with Crippen molar-refractivity contribution in [2.75, 3.05) is 0 Å². The summed E-state index contributed by atoms with van der Waals surface area (Å²) in [6.45, 7) is 0. The van der Waals surface area contributed by atoms with Gasteiger partial charge in [0.2, 0.25) is 10.0 Å². The van der Waals surface area contributed by atoms with Crippen molar-refractivity contribution in [3.05, 3.63) is 64.9 Å². The molecule has 1 saturated carbocycles. The zero-order valence-electron chi connectivity index (χ0n) is 11.0. The molecule has 0 saturated heterocycles. The first-order chi connectivity index (χ1) is 9.91. The number of hydrogen-bond donors (Lipinski definition) is 1. The van der Waals surface area contributed by atoms with Crippen LogP contribution in [-0.2, 0) is 15.6 Å². The van der Waals surface area contributed by atoms with Gasteiger partial charge < -0.3 is 0 Å². The number of rotatable bonds is 4. The van der Waals surface area contributed by atoms with Gasteiger partial charge >= 0.3 is 0 Å². The van der Waals surface area contributed by atoms with E-state index in [-0.39, 0.29) is 10.7 Å². The molecular formula is C15H13ClFNO2S. The molecule has 1 aliphatic carbocycles. The van der Waals surface area contributed by atoms with E-state index in [2.05, 4.69) is 4.72 Å². The molecule has 0 unspecified atom stereocenters. The largest absolute Gasteiger partial charge is 0.241 e. The first-order valence-corrected chi connectivity index (χ1v) is 8.33. The zero-order chi connectivity index (χ0) is 15.1. The molecule has 0 bridgehead atoms. The standard InChI is InChI=1S/C15H13ClFNO2S/c16-12-3-7-14(8-4-12)21(19,20)18-15(9-10-15)11-1-5-13(17)6-2-11/h1-8,18H,9-10H2. The Bertz CT molecular complexity index is 753. The lowest BCUT2D eigenvalue weighted by Gasteiger charge is -2.18. The molecule has 3 rings (SSSR count). The molecule has 0 amide bonds. The maximum atomic E-state index is 13.0. The van der Waals surface area contributed by atoms with Crippen LogP contribution in [0.5, 0.6) is 0 Å². The summed E-state index contributed by atoms with van der Waals surface area (Å²) in [6, 6.07) is 11.9. The minimum Gasteiger partial charge on any atom is -0.207 e. The molecule has 110 valence electrons. The highest BCUT2D eigenvalue weighted by Gasteiger charge is 2.47. The minimum absolute atomic E-state index is 0.167. The number of halogens is 2. The van der Waals surface area contributed by atoms with E-state index in [9.17, 15) is 12.8 Å². The lowest BCUT2D eigenvalue weighted by molar-refractivity contribution is 0.551. The van der Waals surface area contributed by atoms with Gasteiger partial charge in [0.05, 0.1) is 10.4 Å². The van der Waals surface area contributed by atoms with Gasteiger partial charge in [-0.3, -0.25) is 0 Å². The second-order valence-electron chi connectivity index (χ2n) is 5.15. The van der Waals surface area contributed by atoms with Crippen LogP contribution in [-0.4, -0.2) is 8.42 Å². The van der Waals surface area contributed by atoms with E-state index < -0.39 is 15.6 Å². The molecule has 0 radical (unpaired) electrons. The highest BCUT2D eigenvalue weighted by atomic mass is 35.5. The van der Waals surface area contributed by atoms with Crippen LogP contribution in [0.4, 0.5) is 4.39 Å². The fourth-order valence-electron chi connectivity index (χ4n) is 2.27. The van der Waals surface area contributed by atoms with E-state index in [0.29, 0.717) is 17.9 Å². The fourth-order valence-corrected chi connectivity index (χ4v) is 3.85. The topological polar surface area (TPSA) is 46.2 Å². The molecule has 6 heteroatoms. The smallest absolute Gasteiger partial charge is 0.207 e. The molecule has 1 fully saturated rings. The normalized spacial score (nSPS) is 16.7. The van der Waals surface area contributed by atoms with Crippen molar-refractivity contribution in [3.8, 4) is 0 Å². The summed E-state index contributed by atoms with van der Waals surface area (Å²) in [4.78, 5) is 0.167. The molecule has 0 spiro atoms. The van der Waals surface area contributed by atoms with Crippen LogP contribution >= 0.6 is 11.6 Å². The summed E-state index contributed by atoms with van der Waals surface area (Å²) in [7, 11) is -3.63. The van der Waals surface area contributed by atoms with E-state index in [0.717, 1.165) is 5.56 Å². The Morgan fingerprint density at radius 2 is 1.57 bits per heavy atom. The van der Waals surface area contributed by atoms with Gasteiger partial charge in [0, 0.05) is 5.02 Å². The Hall–Kier alpha value is -1.43. The van der Waals surface area contributed by atoms with Crippen LogP contribution in [0.1, 0.15) is 18.4 Å². The second-order valence-corrected chi connectivity index (χ2v) is 7.27. The summed E-state index contributed by atoms with van der Waals surface area (Å²) < 4.78 is 40.5. The number of sulfonamides is 1. The predicted molar refractivity (Wildman–Crippen MR) is 79.1 cm³/mol. The maximum Gasteiger partial charge on any atom is 0.241 e. The van der Waals surface area contributed by atoms with Gasteiger partial charge in [-0.1, -0.05) is 23.7 Å². The quantitative estimate of drug-likeness (QED) is 0.936.